The van der Waals surface area contributed by atoms with Crippen molar-refractivity contribution in [2.75, 3.05) is 53.0 Å². The van der Waals surface area contributed by atoms with Crippen LogP contribution >= 0.6 is 0 Å². The zero-order valence-electron chi connectivity index (χ0n) is 13.1. The van der Waals surface area contributed by atoms with E-state index in [0.717, 1.165) is 37.5 Å². The lowest BCUT2D eigenvalue weighted by Gasteiger charge is -2.26. The van der Waals surface area contributed by atoms with Crippen LogP contribution in [0, 0.1) is 0 Å². The number of nitrogens with one attached hydrogen (secondary N) is 2. The summed E-state index contributed by atoms with van der Waals surface area (Å²) >= 11 is 0. The highest BCUT2D eigenvalue weighted by Gasteiger charge is 2.13. The van der Waals surface area contributed by atoms with E-state index in [-0.39, 0.29) is 5.91 Å². The largest absolute Gasteiger partial charge is 0.491 e. The first kappa shape index (κ1) is 16.7. The number of hydrogen-bond acceptors (Lipinski definition) is 5. The Balaban J connectivity index is 1.73. The monoisotopic (exact) mass is 307 g/mol. The Kier molecular flexibility index (Phi) is 7.15. The lowest BCUT2D eigenvalue weighted by molar-refractivity contribution is -0.122. The van der Waals surface area contributed by atoms with E-state index in [9.17, 15) is 4.79 Å². The topological polar surface area (TPSA) is 62.8 Å². The van der Waals surface area contributed by atoms with E-state index in [4.69, 9.17) is 9.47 Å². The summed E-state index contributed by atoms with van der Waals surface area (Å²) in [6.07, 6.45) is 0. The van der Waals surface area contributed by atoms with Crippen LogP contribution in [0.15, 0.2) is 24.3 Å². The molecule has 1 aromatic rings. The number of hydrogen-bond donors (Lipinski definition) is 2. The van der Waals surface area contributed by atoms with Gasteiger partial charge < -0.3 is 20.1 Å². The minimum Gasteiger partial charge on any atom is -0.491 e. The van der Waals surface area contributed by atoms with E-state index in [1.165, 1.54) is 0 Å². The fraction of sp³-hybridized carbons (Fsp3) is 0.562. The molecule has 0 spiro atoms. The normalized spacial score (nSPS) is 15.5. The van der Waals surface area contributed by atoms with E-state index in [1.54, 1.807) is 7.11 Å². The van der Waals surface area contributed by atoms with Gasteiger partial charge in [0.2, 0.25) is 5.91 Å². The lowest BCUT2D eigenvalue weighted by atomic mass is 10.2. The van der Waals surface area contributed by atoms with Gasteiger partial charge in [-0.2, -0.15) is 0 Å². The molecule has 0 saturated carbocycles. The third-order valence-electron chi connectivity index (χ3n) is 3.52. The first-order valence-corrected chi connectivity index (χ1v) is 7.68. The van der Waals surface area contributed by atoms with Crippen LogP contribution in [0.1, 0.15) is 5.56 Å². The SMILES string of the molecule is COCCOc1cccc(CNC(=O)CN2CCNCC2)c1. The van der Waals surface area contributed by atoms with Crippen molar-refractivity contribution in [3.63, 3.8) is 0 Å². The summed E-state index contributed by atoms with van der Waals surface area (Å²) in [4.78, 5) is 14.1. The molecule has 22 heavy (non-hydrogen) atoms. The molecule has 1 saturated heterocycles. The summed E-state index contributed by atoms with van der Waals surface area (Å²) in [6, 6.07) is 7.76. The molecule has 1 fully saturated rings. The van der Waals surface area contributed by atoms with Crippen molar-refractivity contribution in [1.82, 2.24) is 15.5 Å². The molecule has 1 aromatic carbocycles. The summed E-state index contributed by atoms with van der Waals surface area (Å²) in [5, 5.41) is 6.24. The summed E-state index contributed by atoms with van der Waals surface area (Å²) in [7, 11) is 1.65. The number of nitrogens with zero attached hydrogens (tertiary/aromatic N) is 1. The second kappa shape index (κ2) is 9.40. The Labute approximate surface area is 131 Å². The Hall–Kier alpha value is -1.63. The predicted molar refractivity (Wildman–Crippen MR) is 85.0 cm³/mol. The van der Waals surface area contributed by atoms with E-state index in [1.807, 2.05) is 24.3 Å². The fourth-order valence-electron chi connectivity index (χ4n) is 2.32. The Bertz CT molecular complexity index is 462. The molecule has 0 aromatic heterocycles. The minimum atomic E-state index is 0.0626. The van der Waals surface area contributed by atoms with Gasteiger partial charge in [-0.25, -0.2) is 0 Å². The van der Waals surface area contributed by atoms with Gasteiger partial charge in [0.15, 0.2) is 0 Å². The van der Waals surface area contributed by atoms with Crippen LogP contribution in [-0.2, 0) is 16.1 Å². The van der Waals surface area contributed by atoms with Crippen molar-refractivity contribution in [2.45, 2.75) is 6.54 Å². The summed E-state index contributed by atoms with van der Waals surface area (Å²) in [5.74, 6) is 0.860. The van der Waals surface area contributed by atoms with Gasteiger partial charge >= 0.3 is 0 Å². The van der Waals surface area contributed by atoms with Crippen LogP contribution < -0.4 is 15.4 Å². The Morgan fingerprint density at radius 1 is 1.32 bits per heavy atom. The molecule has 1 amide bonds. The Morgan fingerprint density at radius 3 is 2.91 bits per heavy atom. The summed E-state index contributed by atoms with van der Waals surface area (Å²) in [5.41, 5.74) is 1.03. The van der Waals surface area contributed by atoms with Gasteiger partial charge in [0, 0.05) is 39.8 Å². The molecule has 0 unspecified atom stereocenters. The Morgan fingerprint density at radius 2 is 2.14 bits per heavy atom. The van der Waals surface area contributed by atoms with E-state index in [0.29, 0.717) is 26.3 Å². The zero-order chi connectivity index (χ0) is 15.6. The van der Waals surface area contributed by atoms with Crippen LogP contribution in [0.3, 0.4) is 0 Å². The molecule has 122 valence electrons. The van der Waals surface area contributed by atoms with Crippen LogP contribution in [0.25, 0.3) is 0 Å². The van der Waals surface area contributed by atoms with Crippen molar-refractivity contribution in [3.8, 4) is 5.75 Å². The molecule has 0 bridgehead atoms. The summed E-state index contributed by atoms with van der Waals surface area (Å²) < 4.78 is 10.5. The molecule has 0 atom stereocenters. The number of methoxy groups -OCH3 is 1. The predicted octanol–water partition coefficient (Wildman–Crippen LogP) is 0.233. The third kappa shape index (κ3) is 6.01. The van der Waals surface area contributed by atoms with Crippen molar-refractivity contribution in [3.05, 3.63) is 29.8 Å². The number of carbonyl (C=O) groups is 1. The molecule has 6 heteroatoms. The van der Waals surface area contributed by atoms with Crippen molar-refractivity contribution in [2.24, 2.45) is 0 Å². The van der Waals surface area contributed by atoms with Crippen LogP contribution in [-0.4, -0.2) is 63.9 Å². The molecular weight excluding hydrogens is 282 g/mol. The maximum Gasteiger partial charge on any atom is 0.234 e. The van der Waals surface area contributed by atoms with Crippen LogP contribution in [0.5, 0.6) is 5.75 Å². The quantitative estimate of drug-likeness (QED) is 0.673. The van der Waals surface area contributed by atoms with Crippen molar-refractivity contribution in [1.29, 1.82) is 0 Å². The molecule has 0 radical (unpaired) electrons. The van der Waals surface area contributed by atoms with E-state index >= 15 is 0 Å². The van der Waals surface area contributed by atoms with Gasteiger partial charge in [-0.05, 0) is 17.7 Å². The van der Waals surface area contributed by atoms with Crippen molar-refractivity contribution >= 4 is 5.91 Å². The fourth-order valence-corrected chi connectivity index (χ4v) is 2.32. The number of rotatable bonds is 8. The average Bonchev–Trinajstić information content (AvgIpc) is 2.55. The van der Waals surface area contributed by atoms with Gasteiger partial charge in [0.1, 0.15) is 12.4 Å². The molecule has 1 aliphatic heterocycles. The minimum absolute atomic E-state index is 0.0626. The van der Waals surface area contributed by atoms with Gasteiger partial charge in [-0.1, -0.05) is 12.1 Å². The third-order valence-corrected chi connectivity index (χ3v) is 3.52. The maximum atomic E-state index is 12.0. The van der Waals surface area contributed by atoms with Gasteiger partial charge in [0.05, 0.1) is 13.2 Å². The average molecular weight is 307 g/mol. The molecule has 2 rings (SSSR count). The molecular formula is C16H25N3O3. The standard InChI is InChI=1S/C16H25N3O3/c1-21-9-10-22-15-4-2-3-14(11-15)12-18-16(20)13-19-7-5-17-6-8-19/h2-4,11,17H,5-10,12-13H2,1H3,(H,18,20). The number of piperazine rings is 1. The first-order chi connectivity index (χ1) is 10.8. The van der Waals surface area contributed by atoms with Gasteiger partial charge in [-0.15, -0.1) is 0 Å². The smallest absolute Gasteiger partial charge is 0.234 e. The zero-order valence-corrected chi connectivity index (χ0v) is 13.1. The molecule has 2 N–H and O–H groups in total. The highest BCUT2D eigenvalue weighted by Crippen LogP contribution is 2.13. The highest BCUT2D eigenvalue weighted by molar-refractivity contribution is 5.78. The van der Waals surface area contributed by atoms with E-state index < -0.39 is 0 Å². The van der Waals surface area contributed by atoms with Gasteiger partial charge in [0.25, 0.3) is 0 Å². The molecule has 0 aliphatic carbocycles. The first-order valence-electron chi connectivity index (χ1n) is 7.68. The lowest BCUT2D eigenvalue weighted by Crippen LogP contribution is -2.47. The molecule has 1 heterocycles. The van der Waals surface area contributed by atoms with Crippen LogP contribution in [0.2, 0.25) is 0 Å². The number of ether oxygens (including phenoxy) is 2. The number of amides is 1. The second-order valence-corrected chi connectivity index (χ2v) is 5.29. The van der Waals surface area contributed by atoms with Crippen LogP contribution in [0.4, 0.5) is 0 Å². The molecule has 6 nitrogen and oxygen atoms in total. The summed E-state index contributed by atoms with van der Waals surface area (Å²) in [6.45, 7) is 5.83. The van der Waals surface area contributed by atoms with Crippen molar-refractivity contribution < 1.29 is 14.3 Å². The maximum absolute atomic E-state index is 12.0. The second-order valence-electron chi connectivity index (χ2n) is 5.29. The molecule has 1 aliphatic rings. The highest BCUT2D eigenvalue weighted by atomic mass is 16.5. The number of benzene rings is 1. The van der Waals surface area contributed by atoms with E-state index in [2.05, 4.69) is 15.5 Å². The van der Waals surface area contributed by atoms with Gasteiger partial charge in [-0.3, -0.25) is 9.69 Å². The number of carbonyl (C=O) groups excluding carboxylic acids is 1.